The fourth-order valence-electron chi connectivity index (χ4n) is 4.06. The van der Waals surface area contributed by atoms with Crippen molar-refractivity contribution in [1.29, 1.82) is 0 Å². The lowest BCUT2D eigenvalue weighted by molar-refractivity contribution is -0.143. The SMILES string of the molecule is CCOC(=O)CCN1CCN(Cc2ccc(Nc3ncc(-c4ccc(OC)cc4)cn3)cc2)CC1. The number of rotatable bonds is 10. The van der Waals surface area contributed by atoms with Crippen molar-refractivity contribution in [1.82, 2.24) is 19.8 Å². The van der Waals surface area contributed by atoms with Crippen LogP contribution < -0.4 is 10.1 Å². The van der Waals surface area contributed by atoms with Gasteiger partial charge in [-0.3, -0.25) is 9.69 Å². The van der Waals surface area contributed by atoms with E-state index in [1.807, 2.05) is 43.6 Å². The molecular weight excluding hydrogens is 442 g/mol. The van der Waals surface area contributed by atoms with Crippen LogP contribution in [0, 0.1) is 0 Å². The van der Waals surface area contributed by atoms with E-state index in [0.29, 0.717) is 19.0 Å². The molecule has 1 aromatic heterocycles. The van der Waals surface area contributed by atoms with E-state index < -0.39 is 0 Å². The summed E-state index contributed by atoms with van der Waals surface area (Å²) in [6, 6.07) is 16.2. The summed E-state index contributed by atoms with van der Waals surface area (Å²) in [6.45, 7) is 7.93. The lowest BCUT2D eigenvalue weighted by atomic mass is 10.1. The Bertz CT molecular complexity index is 1060. The normalized spacial score (nSPS) is 14.5. The molecule has 0 unspecified atom stereocenters. The van der Waals surface area contributed by atoms with E-state index >= 15 is 0 Å². The van der Waals surface area contributed by atoms with Gasteiger partial charge in [0.15, 0.2) is 0 Å². The van der Waals surface area contributed by atoms with Crippen molar-refractivity contribution >= 4 is 17.6 Å². The Morgan fingerprint density at radius 3 is 2.20 bits per heavy atom. The molecule has 1 fully saturated rings. The second-order valence-electron chi connectivity index (χ2n) is 8.52. The molecule has 0 aliphatic carbocycles. The van der Waals surface area contributed by atoms with E-state index in [1.165, 1.54) is 5.56 Å². The molecule has 1 aliphatic rings. The number of anilines is 2. The number of hydrogen-bond donors (Lipinski definition) is 1. The van der Waals surface area contributed by atoms with Crippen LogP contribution in [0.2, 0.25) is 0 Å². The molecule has 3 aromatic rings. The van der Waals surface area contributed by atoms with E-state index in [1.54, 1.807) is 7.11 Å². The molecule has 8 nitrogen and oxygen atoms in total. The van der Waals surface area contributed by atoms with Gasteiger partial charge in [0.1, 0.15) is 5.75 Å². The van der Waals surface area contributed by atoms with Gasteiger partial charge in [-0.2, -0.15) is 0 Å². The maximum absolute atomic E-state index is 11.6. The highest BCUT2D eigenvalue weighted by Gasteiger charge is 2.18. The van der Waals surface area contributed by atoms with Gasteiger partial charge >= 0.3 is 5.97 Å². The Kier molecular flexibility index (Phi) is 8.64. The number of aromatic nitrogens is 2. The molecule has 35 heavy (non-hydrogen) atoms. The molecule has 0 radical (unpaired) electrons. The number of ether oxygens (including phenoxy) is 2. The second-order valence-corrected chi connectivity index (χ2v) is 8.52. The molecule has 4 rings (SSSR count). The minimum atomic E-state index is -0.109. The summed E-state index contributed by atoms with van der Waals surface area (Å²) < 4.78 is 10.2. The van der Waals surface area contributed by atoms with Crippen LogP contribution in [0.5, 0.6) is 5.75 Å². The minimum absolute atomic E-state index is 0.109. The first-order valence-electron chi connectivity index (χ1n) is 12.1. The van der Waals surface area contributed by atoms with Crippen LogP contribution in [0.15, 0.2) is 60.9 Å². The highest BCUT2D eigenvalue weighted by molar-refractivity contribution is 5.69. The maximum atomic E-state index is 11.6. The zero-order valence-corrected chi connectivity index (χ0v) is 20.4. The summed E-state index contributed by atoms with van der Waals surface area (Å²) in [4.78, 5) is 25.2. The van der Waals surface area contributed by atoms with E-state index in [0.717, 1.165) is 61.8 Å². The third-order valence-electron chi connectivity index (χ3n) is 6.09. The molecule has 0 spiro atoms. The molecule has 1 saturated heterocycles. The quantitative estimate of drug-likeness (QED) is 0.442. The van der Waals surface area contributed by atoms with Gasteiger partial charge in [-0.15, -0.1) is 0 Å². The average molecular weight is 476 g/mol. The largest absolute Gasteiger partial charge is 0.497 e. The monoisotopic (exact) mass is 475 g/mol. The summed E-state index contributed by atoms with van der Waals surface area (Å²) >= 11 is 0. The summed E-state index contributed by atoms with van der Waals surface area (Å²) in [7, 11) is 1.66. The highest BCUT2D eigenvalue weighted by Crippen LogP contribution is 2.22. The van der Waals surface area contributed by atoms with Gasteiger partial charge in [0.2, 0.25) is 5.95 Å². The van der Waals surface area contributed by atoms with Crippen LogP contribution in [0.1, 0.15) is 18.9 Å². The number of piperazine rings is 1. The zero-order chi connectivity index (χ0) is 24.5. The van der Waals surface area contributed by atoms with Crippen molar-refractivity contribution < 1.29 is 14.3 Å². The molecular formula is C27H33N5O3. The van der Waals surface area contributed by atoms with Crippen LogP contribution in [0.4, 0.5) is 11.6 Å². The van der Waals surface area contributed by atoms with E-state index in [9.17, 15) is 4.79 Å². The molecule has 1 aliphatic heterocycles. The van der Waals surface area contributed by atoms with Crippen molar-refractivity contribution in [2.24, 2.45) is 0 Å². The first-order valence-corrected chi connectivity index (χ1v) is 12.1. The number of carbonyl (C=O) groups is 1. The Morgan fingerprint density at radius 2 is 1.57 bits per heavy atom. The number of hydrogen-bond acceptors (Lipinski definition) is 8. The topological polar surface area (TPSA) is 79.8 Å². The van der Waals surface area contributed by atoms with Crippen molar-refractivity contribution in [3.63, 3.8) is 0 Å². The van der Waals surface area contributed by atoms with Gasteiger partial charge in [-0.25, -0.2) is 9.97 Å². The lowest BCUT2D eigenvalue weighted by Gasteiger charge is -2.34. The van der Waals surface area contributed by atoms with Crippen molar-refractivity contribution in [2.75, 3.05) is 51.8 Å². The number of carbonyl (C=O) groups excluding carboxylic acids is 1. The Balaban J connectivity index is 1.23. The predicted octanol–water partition coefficient (Wildman–Crippen LogP) is 3.97. The van der Waals surface area contributed by atoms with Crippen molar-refractivity contribution in [3.05, 3.63) is 66.5 Å². The third kappa shape index (κ3) is 7.24. The fourth-order valence-corrected chi connectivity index (χ4v) is 4.06. The number of methoxy groups -OCH3 is 1. The van der Waals surface area contributed by atoms with Gasteiger partial charge in [0.25, 0.3) is 0 Å². The van der Waals surface area contributed by atoms with Crippen molar-refractivity contribution in [3.8, 4) is 16.9 Å². The zero-order valence-electron chi connectivity index (χ0n) is 20.4. The van der Waals surface area contributed by atoms with Gasteiger partial charge in [0.05, 0.1) is 20.1 Å². The standard InChI is InChI=1S/C27H33N5O3/c1-3-35-26(33)12-13-31-14-16-32(17-15-31)20-21-4-8-24(9-5-21)30-27-28-18-23(19-29-27)22-6-10-25(34-2)11-7-22/h4-11,18-19H,3,12-17,20H2,1-2H3,(H,28,29,30). The molecule has 0 bridgehead atoms. The van der Waals surface area contributed by atoms with Crippen LogP contribution in [0.3, 0.4) is 0 Å². The van der Waals surface area contributed by atoms with Crippen molar-refractivity contribution in [2.45, 2.75) is 19.9 Å². The molecule has 2 aromatic carbocycles. The molecule has 2 heterocycles. The molecule has 1 N–H and O–H groups in total. The fraction of sp³-hybridized carbons (Fsp3) is 0.370. The Labute approximate surface area is 206 Å². The molecule has 8 heteroatoms. The number of esters is 1. The predicted molar refractivity (Wildman–Crippen MR) is 137 cm³/mol. The molecule has 0 amide bonds. The number of nitrogens with zero attached hydrogens (tertiary/aromatic N) is 4. The van der Waals surface area contributed by atoms with Gasteiger partial charge in [-0.05, 0) is 42.3 Å². The summed E-state index contributed by atoms with van der Waals surface area (Å²) in [6.07, 6.45) is 4.10. The smallest absolute Gasteiger partial charge is 0.307 e. The number of nitrogens with one attached hydrogen (secondary N) is 1. The highest BCUT2D eigenvalue weighted by atomic mass is 16.5. The van der Waals surface area contributed by atoms with Crippen LogP contribution >= 0.6 is 0 Å². The number of benzene rings is 2. The van der Waals surface area contributed by atoms with E-state index in [4.69, 9.17) is 9.47 Å². The van der Waals surface area contributed by atoms with E-state index in [-0.39, 0.29) is 5.97 Å². The molecule has 0 saturated carbocycles. The first kappa shape index (κ1) is 24.6. The maximum Gasteiger partial charge on any atom is 0.307 e. The van der Waals surface area contributed by atoms with E-state index in [2.05, 4.69) is 49.4 Å². The summed E-state index contributed by atoms with van der Waals surface area (Å²) in [5, 5.41) is 3.27. The lowest BCUT2D eigenvalue weighted by Crippen LogP contribution is -2.46. The second kappa shape index (κ2) is 12.3. The average Bonchev–Trinajstić information content (AvgIpc) is 2.90. The van der Waals surface area contributed by atoms with Crippen LogP contribution in [0.25, 0.3) is 11.1 Å². The molecule has 184 valence electrons. The third-order valence-corrected chi connectivity index (χ3v) is 6.09. The summed E-state index contributed by atoms with van der Waals surface area (Å²) in [5.41, 5.74) is 4.22. The van der Waals surface area contributed by atoms with Gasteiger partial charge in [0, 0.05) is 62.9 Å². The molecule has 0 atom stereocenters. The Morgan fingerprint density at radius 1 is 0.914 bits per heavy atom. The van der Waals surface area contributed by atoms with Gasteiger partial charge < -0.3 is 19.7 Å². The summed E-state index contributed by atoms with van der Waals surface area (Å²) in [5.74, 6) is 1.28. The minimum Gasteiger partial charge on any atom is -0.497 e. The van der Waals surface area contributed by atoms with Gasteiger partial charge in [-0.1, -0.05) is 24.3 Å². The first-order chi connectivity index (χ1) is 17.1. The Hall–Kier alpha value is -3.49. The van der Waals surface area contributed by atoms with Crippen LogP contribution in [-0.2, 0) is 16.1 Å². The van der Waals surface area contributed by atoms with Crippen LogP contribution in [-0.4, -0.2) is 72.2 Å².